The van der Waals surface area contributed by atoms with E-state index in [-0.39, 0.29) is 11.9 Å². The number of amides is 1. The molecule has 1 amide bonds. The Hall–Kier alpha value is -3.54. The maximum absolute atomic E-state index is 12.8. The minimum atomic E-state index is -0.306. The number of rotatable bonds is 9. The fourth-order valence-electron chi connectivity index (χ4n) is 3.29. The van der Waals surface area contributed by atoms with Crippen LogP contribution in [-0.2, 0) is 11.2 Å². The van der Waals surface area contributed by atoms with Crippen molar-refractivity contribution in [3.8, 4) is 17.2 Å². The first-order chi connectivity index (χ1) is 14.7. The van der Waals surface area contributed by atoms with Crippen molar-refractivity contribution in [3.05, 3.63) is 83.7 Å². The number of aromatic nitrogens is 1. The molecule has 0 saturated carbocycles. The average molecular weight is 406 g/mol. The number of methoxy groups -OCH3 is 3. The van der Waals surface area contributed by atoms with Crippen LogP contribution in [-0.4, -0.2) is 32.2 Å². The molecular formula is C24H26N2O4. The van der Waals surface area contributed by atoms with Crippen LogP contribution in [0.3, 0.4) is 0 Å². The number of carbonyl (C=O) groups is 1. The highest BCUT2D eigenvalue weighted by atomic mass is 16.5. The smallest absolute Gasteiger partial charge is 0.221 e. The molecular weight excluding hydrogens is 380 g/mol. The molecule has 6 nitrogen and oxygen atoms in total. The van der Waals surface area contributed by atoms with Gasteiger partial charge in [0.15, 0.2) is 11.5 Å². The van der Waals surface area contributed by atoms with Crippen molar-refractivity contribution < 1.29 is 19.0 Å². The van der Waals surface area contributed by atoms with Gasteiger partial charge < -0.3 is 19.5 Å². The van der Waals surface area contributed by atoms with Crippen molar-refractivity contribution in [2.75, 3.05) is 21.3 Å². The van der Waals surface area contributed by atoms with Crippen LogP contribution in [0.5, 0.6) is 17.2 Å². The van der Waals surface area contributed by atoms with Gasteiger partial charge in [0.05, 0.1) is 33.1 Å². The average Bonchev–Trinajstić information content (AvgIpc) is 2.81. The summed E-state index contributed by atoms with van der Waals surface area (Å²) >= 11 is 0. The number of nitrogens with one attached hydrogen (secondary N) is 1. The molecule has 0 aliphatic carbocycles. The first kappa shape index (κ1) is 21.2. The predicted molar refractivity (Wildman–Crippen MR) is 115 cm³/mol. The number of ether oxygens (including phenoxy) is 3. The van der Waals surface area contributed by atoms with Crippen molar-refractivity contribution >= 4 is 5.91 Å². The number of aryl methyl sites for hydroxylation is 1. The van der Waals surface area contributed by atoms with E-state index in [0.29, 0.717) is 30.1 Å². The van der Waals surface area contributed by atoms with Gasteiger partial charge >= 0.3 is 0 Å². The molecule has 1 atom stereocenters. The fraction of sp³-hybridized carbons (Fsp3) is 0.250. The molecule has 3 rings (SSSR count). The standard InChI is InChI=1S/C24H26N2O4/c1-28-20-15-17(16-21(29-2)24(20)30-3)12-13-22(27)26-23(18-9-5-4-6-10-18)19-11-7-8-14-25-19/h4-11,14-16,23H,12-13H2,1-3H3,(H,26,27). The zero-order chi connectivity index (χ0) is 21.3. The van der Waals surface area contributed by atoms with Gasteiger partial charge in [0.1, 0.15) is 0 Å². The number of nitrogens with zero attached hydrogens (tertiary/aromatic N) is 1. The first-order valence-electron chi connectivity index (χ1n) is 9.70. The van der Waals surface area contributed by atoms with E-state index >= 15 is 0 Å². The maximum Gasteiger partial charge on any atom is 0.221 e. The van der Waals surface area contributed by atoms with E-state index in [1.54, 1.807) is 27.5 Å². The Morgan fingerprint density at radius 1 is 0.933 bits per heavy atom. The van der Waals surface area contributed by atoms with Crippen LogP contribution in [0.4, 0.5) is 0 Å². The van der Waals surface area contributed by atoms with Crippen molar-refractivity contribution in [1.29, 1.82) is 0 Å². The van der Waals surface area contributed by atoms with Crippen molar-refractivity contribution in [2.45, 2.75) is 18.9 Å². The van der Waals surface area contributed by atoms with Crippen LogP contribution in [0.15, 0.2) is 66.9 Å². The highest BCUT2D eigenvalue weighted by Gasteiger charge is 2.18. The number of benzene rings is 2. The number of hydrogen-bond acceptors (Lipinski definition) is 5. The molecule has 6 heteroatoms. The Bertz CT molecular complexity index is 897. The summed E-state index contributed by atoms with van der Waals surface area (Å²) in [7, 11) is 4.71. The van der Waals surface area contributed by atoms with Gasteiger partial charge in [-0.25, -0.2) is 0 Å². The zero-order valence-electron chi connectivity index (χ0n) is 17.4. The summed E-state index contributed by atoms with van der Waals surface area (Å²) in [6.07, 6.45) is 2.58. The topological polar surface area (TPSA) is 69.7 Å². The number of carbonyl (C=O) groups excluding carboxylic acids is 1. The molecule has 2 aromatic carbocycles. The lowest BCUT2D eigenvalue weighted by atomic mass is 10.0. The van der Waals surface area contributed by atoms with Gasteiger partial charge in [0.25, 0.3) is 0 Å². The van der Waals surface area contributed by atoms with Gasteiger partial charge in [0, 0.05) is 12.6 Å². The second-order valence-electron chi connectivity index (χ2n) is 6.70. The predicted octanol–water partition coefficient (Wildman–Crippen LogP) is 3.95. The molecule has 0 aliphatic rings. The molecule has 1 heterocycles. The lowest BCUT2D eigenvalue weighted by Crippen LogP contribution is -2.30. The monoisotopic (exact) mass is 406 g/mol. The van der Waals surface area contributed by atoms with Crippen LogP contribution < -0.4 is 19.5 Å². The Kier molecular flexibility index (Phi) is 7.27. The fourth-order valence-corrected chi connectivity index (χ4v) is 3.29. The molecule has 30 heavy (non-hydrogen) atoms. The van der Waals surface area contributed by atoms with Gasteiger partial charge in [-0.05, 0) is 41.8 Å². The SMILES string of the molecule is COc1cc(CCC(=O)NC(c2ccccc2)c2ccccn2)cc(OC)c1OC. The third kappa shape index (κ3) is 5.08. The summed E-state index contributed by atoms with van der Waals surface area (Å²) in [5.41, 5.74) is 2.70. The minimum absolute atomic E-state index is 0.0664. The molecule has 156 valence electrons. The van der Waals surface area contributed by atoms with Crippen LogP contribution >= 0.6 is 0 Å². The molecule has 1 N–H and O–H groups in total. The first-order valence-corrected chi connectivity index (χ1v) is 9.70. The maximum atomic E-state index is 12.8. The Morgan fingerprint density at radius 3 is 2.17 bits per heavy atom. The molecule has 1 aromatic heterocycles. The highest BCUT2D eigenvalue weighted by Crippen LogP contribution is 2.38. The summed E-state index contributed by atoms with van der Waals surface area (Å²) in [4.78, 5) is 17.2. The zero-order valence-corrected chi connectivity index (χ0v) is 17.4. The van der Waals surface area contributed by atoms with Gasteiger partial charge in [0.2, 0.25) is 11.7 Å². The van der Waals surface area contributed by atoms with E-state index in [9.17, 15) is 4.79 Å². The molecule has 0 aliphatic heterocycles. The van der Waals surface area contributed by atoms with E-state index in [1.807, 2.05) is 60.7 Å². The largest absolute Gasteiger partial charge is 0.493 e. The summed E-state index contributed by atoms with van der Waals surface area (Å²) in [5.74, 6) is 1.61. The van der Waals surface area contributed by atoms with Crippen molar-refractivity contribution in [2.24, 2.45) is 0 Å². The lowest BCUT2D eigenvalue weighted by molar-refractivity contribution is -0.121. The van der Waals surface area contributed by atoms with E-state index < -0.39 is 0 Å². The Labute approximate surface area is 176 Å². The lowest BCUT2D eigenvalue weighted by Gasteiger charge is -2.19. The van der Waals surface area contributed by atoms with Crippen molar-refractivity contribution in [1.82, 2.24) is 10.3 Å². The molecule has 0 spiro atoms. The van der Waals surface area contributed by atoms with Crippen molar-refractivity contribution in [3.63, 3.8) is 0 Å². The number of pyridine rings is 1. The summed E-state index contributed by atoms with van der Waals surface area (Å²) in [6.45, 7) is 0. The van der Waals surface area contributed by atoms with E-state index in [2.05, 4.69) is 10.3 Å². The van der Waals surface area contributed by atoms with Crippen LogP contribution in [0.2, 0.25) is 0 Å². The second kappa shape index (κ2) is 10.3. The third-order valence-electron chi connectivity index (χ3n) is 4.79. The van der Waals surface area contributed by atoms with Crippen LogP contribution in [0.25, 0.3) is 0 Å². The van der Waals surface area contributed by atoms with Gasteiger partial charge in [-0.3, -0.25) is 9.78 Å². The molecule has 1 unspecified atom stereocenters. The Balaban J connectivity index is 1.74. The molecule has 0 fully saturated rings. The van der Waals surface area contributed by atoms with Crippen LogP contribution in [0.1, 0.15) is 29.3 Å². The summed E-state index contributed by atoms with van der Waals surface area (Å²) in [6, 6.07) is 18.9. The second-order valence-corrected chi connectivity index (χ2v) is 6.70. The van der Waals surface area contributed by atoms with Crippen LogP contribution in [0, 0.1) is 0 Å². The minimum Gasteiger partial charge on any atom is -0.493 e. The van der Waals surface area contributed by atoms with Gasteiger partial charge in [-0.15, -0.1) is 0 Å². The van der Waals surface area contributed by atoms with E-state index in [1.165, 1.54) is 0 Å². The highest BCUT2D eigenvalue weighted by molar-refractivity contribution is 5.77. The third-order valence-corrected chi connectivity index (χ3v) is 4.79. The Morgan fingerprint density at radius 2 is 1.60 bits per heavy atom. The normalized spacial score (nSPS) is 11.4. The molecule has 0 saturated heterocycles. The van der Waals surface area contributed by atoms with E-state index in [0.717, 1.165) is 16.8 Å². The molecule has 0 radical (unpaired) electrons. The van der Waals surface area contributed by atoms with E-state index in [4.69, 9.17) is 14.2 Å². The summed E-state index contributed by atoms with van der Waals surface area (Å²) < 4.78 is 16.1. The molecule has 0 bridgehead atoms. The number of hydrogen-bond donors (Lipinski definition) is 1. The molecule has 3 aromatic rings. The van der Waals surface area contributed by atoms with Gasteiger partial charge in [-0.2, -0.15) is 0 Å². The van der Waals surface area contributed by atoms with Gasteiger partial charge in [-0.1, -0.05) is 36.4 Å². The quantitative estimate of drug-likeness (QED) is 0.583. The summed E-state index contributed by atoms with van der Waals surface area (Å²) in [5, 5.41) is 3.11.